The van der Waals surface area contributed by atoms with Crippen LogP contribution >= 0.6 is 0 Å². The summed E-state index contributed by atoms with van der Waals surface area (Å²) < 4.78 is 10.7. The van der Waals surface area contributed by atoms with E-state index in [0.29, 0.717) is 22.4 Å². The van der Waals surface area contributed by atoms with Crippen LogP contribution in [0.15, 0.2) is 0 Å². The van der Waals surface area contributed by atoms with E-state index in [9.17, 15) is 15.0 Å². The lowest BCUT2D eigenvalue weighted by Crippen LogP contribution is -2.35. The Morgan fingerprint density at radius 1 is 1.30 bits per heavy atom. The first kappa shape index (κ1) is 14.7. The molecule has 1 heterocycles. The van der Waals surface area contributed by atoms with Gasteiger partial charge in [0.25, 0.3) is 0 Å². The molecular weight excluding hydrogens is 260 g/mol. The summed E-state index contributed by atoms with van der Waals surface area (Å²) in [6.45, 7) is 7.31. The number of carbonyl (C=O) groups excluding carboxylic acids is 1. The predicted octanol–water partition coefficient (Wildman–Crippen LogP) is 2.07. The number of phenols is 1. The summed E-state index contributed by atoms with van der Waals surface area (Å²) in [5, 5.41) is 20.3. The Kier molecular flexibility index (Phi) is 3.90. The molecule has 1 aromatic rings. The standard InChI is InChI=1S/C15H20O5/c1-5-19-15(18)11-6-10(16)12-9(4)13(17)7(2)8(3)14(12)20-11/h10-11,16-17H,5-6H2,1-4H3. The number of fused-ring (bicyclic) bond motifs is 1. The lowest BCUT2D eigenvalue weighted by Gasteiger charge is -2.31. The van der Waals surface area contributed by atoms with Crippen LogP contribution in [0, 0.1) is 20.8 Å². The second-order valence-corrected chi connectivity index (χ2v) is 5.08. The summed E-state index contributed by atoms with van der Waals surface area (Å²) >= 11 is 0. The summed E-state index contributed by atoms with van der Waals surface area (Å²) in [5.41, 5.74) is 2.58. The summed E-state index contributed by atoms with van der Waals surface area (Å²) in [6, 6.07) is 0. The Morgan fingerprint density at radius 3 is 2.55 bits per heavy atom. The van der Waals surface area contributed by atoms with Crippen LogP contribution in [0.4, 0.5) is 0 Å². The van der Waals surface area contributed by atoms with E-state index in [1.54, 1.807) is 27.7 Å². The molecule has 1 aliphatic rings. The normalized spacial score (nSPS) is 21.1. The quantitative estimate of drug-likeness (QED) is 0.811. The van der Waals surface area contributed by atoms with Gasteiger partial charge in [0.05, 0.1) is 12.7 Å². The number of benzene rings is 1. The highest BCUT2D eigenvalue weighted by Gasteiger charge is 2.36. The van der Waals surface area contributed by atoms with Gasteiger partial charge in [0.2, 0.25) is 0 Å². The van der Waals surface area contributed by atoms with Crippen molar-refractivity contribution in [1.29, 1.82) is 0 Å². The molecule has 1 aromatic carbocycles. The highest BCUT2D eigenvalue weighted by atomic mass is 16.6. The van der Waals surface area contributed by atoms with Crippen molar-refractivity contribution in [2.24, 2.45) is 0 Å². The molecule has 0 bridgehead atoms. The molecule has 1 aliphatic heterocycles. The Morgan fingerprint density at radius 2 is 1.95 bits per heavy atom. The molecule has 110 valence electrons. The number of ether oxygens (including phenoxy) is 2. The van der Waals surface area contributed by atoms with Gasteiger partial charge in [-0.3, -0.25) is 0 Å². The van der Waals surface area contributed by atoms with Crippen LogP contribution < -0.4 is 4.74 Å². The highest BCUT2D eigenvalue weighted by Crippen LogP contribution is 2.44. The van der Waals surface area contributed by atoms with Gasteiger partial charge < -0.3 is 19.7 Å². The molecule has 0 fully saturated rings. The predicted molar refractivity (Wildman–Crippen MR) is 72.9 cm³/mol. The van der Waals surface area contributed by atoms with Crippen molar-refractivity contribution >= 4 is 5.97 Å². The highest BCUT2D eigenvalue weighted by molar-refractivity contribution is 5.76. The number of hydrogen-bond donors (Lipinski definition) is 2. The van der Waals surface area contributed by atoms with Gasteiger partial charge in [0.15, 0.2) is 6.10 Å². The molecule has 0 saturated heterocycles. The fraction of sp³-hybridized carbons (Fsp3) is 0.533. The number of aliphatic hydroxyl groups is 1. The number of hydrogen-bond acceptors (Lipinski definition) is 5. The van der Waals surface area contributed by atoms with Crippen molar-refractivity contribution in [1.82, 2.24) is 0 Å². The molecule has 0 aromatic heterocycles. The van der Waals surface area contributed by atoms with Crippen molar-refractivity contribution in [3.63, 3.8) is 0 Å². The fourth-order valence-electron chi connectivity index (χ4n) is 2.57. The zero-order valence-corrected chi connectivity index (χ0v) is 12.2. The molecule has 5 nitrogen and oxygen atoms in total. The minimum absolute atomic E-state index is 0.134. The molecule has 20 heavy (non-hydrogen) atoms. The lowest BCUT2D eigenvalue weighted by molar-refractivity contribution is -0.154. The van der Waals surface area contributed by atoms with Gasteiger partial charge in [0, 0.05) is 17.5 Å². The van der Waals surface area contributed by atoms with Crippen LogP contribution in [0.3, 0.4) is 0 Å². The van der Waals surface area contributed by atoms with E-state index in [2.05, 4.69) is 0 Å². The average molecular weight is 280 g/mol. The van der Waals surface area contributed by atoms with E-state index in [1.807, 2.05) is 0 Å². The Balaban J connectivity index is 2.47. The summed E-state index contributed by atoms with van der Waals surface area (Å²) in [4.78, 5) is 11.8. The summed E-state index contributed by atoms with van der Waals surface area (Å²) in [7, 11) is 0. The van der Waals surface area contributed by atoms with Gasteiger partial charge in [0.1, 0.15) is 11.5 Å². The molecular formula is C15H20O5. The third-order valence-corrected chi connectivity index (χ3v) is 3.84. The van der Waals surface area contributed by atoms with Crippen molar-refractivity contribution in [3.05, 3.63) is 22.3 Å². The molecule has 0 spiro atoms. The minimum Gasteiger partial charge on any atom is -0.507 e. The third-order valence-electron chi connectivity index (χ3n) is 3.84. The second kappa shape index (κ2) is 5.32. The van der Waals surface area contributed by atoms with Gasteiger partial charge in [-0.15, -0.1) is 0 Å². The lowest BCUT2D eigenvalue weighted by atomic mass is 9.89. The monoisotopic (exact) mass is 280 g/mol. The Bertz CT molecular complexity index is 550. The number of aliphatic hydroxyl groups excluding tert-OH is 1. The number of aromatic hydroxyl groups is 1. The number of rotatable bonds is 2. The fourth-order valence-corrected chi connectivity index (χ4v) is 2.57. The van der Waals surface area contributed by atoms with Gasteiger partial charge in [-0.05, 0) is 38.8 Å². The molecule has 2 unspecified atom stereocenters. The van der Waals surface area contributed by atoms with Crippen LogP contribution in [0.5, 0.6) is 11.5 Å². The first-order chi connectivity index (χ1) is 9.38. The maximum atomic E-state index is 11.8. The molecule has 0 amide bonds. The molecule has 2 N–H and O–H groups in total. The third kappa shape index (κ3) is 2.22. The molecule has 5 heteroatoms. The molecule has 2 atom stereocenters. The van der Waals surface area contributed by atoms with Gasteiger partial charge >= 0.3 is 5.97 Å². The van der Waals surface area contributed by atoms with Gasteiger partial charge in [-0.2, -0.15) is 0 Å². The number of phenolic OH excluding ortho intramolecular Hbond substituents is 1. The van der Waals surface area contributed by atoms with E-state index >= 15 is 0 Å². The molecule has 0 aliphatic carbocycles. The first-order valence-corrected chi connectivity index (χ1v) is 6.72. The van der Waals surface area contributed by atoms with Gasteiger partial charge in [-0.1, -0.05) is 0 Å². The topological polar surface area (TPSA) is 76.0 Å². The average Bonchev–Trinajstić information content (AvgIpc) is 2.42. The zero-order chi connectivity index (χ0) is 15.0. The molecule has 0 radical (unpaired) electrons. The van der Waals surface area contributed by atoms with Crippen molar-refractivity contribution in [3.8, 4) is 11.5 Å². The first-order valence-electron chi connectivity index (χ1n) is 6.72. The maximum absolute atomic E-state index is 11.8. The smallest absolute Gasteiger partial charge is 0.347 e. The van der Waals surface area contributed by atoms with E-state index in [1.165, 1.54) is 0 Å². The zero-order valence-electron chi connectivity index (χ0n) is 12.2. The van der Waals surface area contributed by atoms with Gasteiger partial charge in [-0.25, -0.2) is 4.79 Å². The number of esters is 1. The minimum atomic E-state index is -0.849. The SMILES string of the molecule is CCOC(=O)C1CC(O)c2c(C)c(O)c(C)c(C)c2O1. The molecule has 0 saturated carbocycles. The summed E-state index contributed by atoms with van der Waals surface area (Å²) in [6.07, 6.45) is -1.52. The van der Waals surface area contributed by atoms with Crippen LogP contribution in [0.2, 0.25) is 0 Å². The largest absolute Gasteiger partial charge is 0.507 e. The number of carbonyl (C=O) groups is 1. The summed E-state index contributed by atoms with van der Waals surface area (Å²) in [5.74, 6) is 0.174. The van der Waals surface area contributed by atoms with Crippen LogP contribution in [0.1, 0.15) is 41.7 Å². The van der Waals surface area contributed by atoms with E-state index in [0.717, 1.165) is 5.56 Å². The van der Waals surface area contributed by atoms with Crippen molar-refractivity contribution < 1.29 is 24.5 Å². The second-order valence-electron chi connectivity index (χ2n) is 5.08. The van der Waals surface area contributed by atoms with Crippen LogP contribution in [-0.4, -0.2) is 28.9 Å². The van der Waals surface area contributed by atoms with E-state index in [-0.39, 0.29) is 18.8 Å². The van der Waals surface area contributed by atoms with E-state index in [4.69, 9.17) is 9.47 Å². The Labute approximate surface area is 118 Å². The van der Waals surface area contributed by atoms with Crippen LogP contribution in [-0.2, 0) is 9.53 Å². The van der Waals surface area contributed by atoms with Crippen LogP contribution in [0.25, 0.3) is 0 Å². The maximum Gasteiger partial charge on any atom is 0.347 e. The van der Waals surface area contributed by atoms with E-state index < -0.39 is 18.2 Å². The van der Waals surface area contributed by atoms with Crippen molar-refractivity contribution in [2.75, 3.05) is 6.61 Å². The Hall–Kier alpha value is -1.75. The molecule has 2 rings (SSSR count). The van der Waals surface area contributed by atoms with Crippen molar-refractivity contribution in [2.45, 2.75) is 46.3 Å².